The molecule has 5 heteroatoms. The van der Waals surface area contributed by atoms with Crippen molar-refractivity contribution in [1.82, 2.24) is 0 Å². The van der Waals surface area contributed by atoms with Gasteiger partial charge in [0.05, 0.1) is 12.7 Å². The number of hydrogen-bond acceptors (Lipinski definition) is 5. The Balaban J connectivity index is 2.00. The largest absolute Gasteiger partial charge is 0.497 e. The third-order valence-corrected chi connectivity index (χ3v) is 2.82. The molecule has 0 aliphatic rings. The number of nitrogens with two attached hydrogens (primary N) is 2. The number of methoxy groups -OCH3 is 1. The second-order valence-electron chi connectivity index (χ2n) is 4.27. The molecule has 0 fully saturated rings. The van der Waals surface area contributed by atoms with Gasteiger partial charge in [0.1, 0.15) is 12.4 Å². The van der Waals surface area contributed by atoms with E-state index in [1.54, 1.807) is 31.4 Å². The van der Waals surface area contributed by atoms with Gasteiger partial charge in [-0.25, -0.2) is 4.79 Å². The van der Waals surface area contributed by atoms with Gasteiger partial charge in [-0.3, -0.25) is 0 Å². The number of carbonyl (C=O) groups is 1. The minimum absolute atomic E-state index is 0.173. The molecule has 0 atom stereocenters. The lowest BCUT2D eigenvalue weighted by atomic mass is 10.1. The summed E-state index contributed by atoms with van der Waals surface area (Å²) in [5, 5.41) is 0. The predicted molar refractivity (Wildman–Crippen MR) is 77.4 cm³/mol. The first-order valence-electron chi connectivity index (χ1n) is 6.05. The number of hydrogen-bond donors (Lipinski definition) is 2. The molecule has 0 saturated carbocycles. The van der Waals surface area contributed by atoms with Crippen LogP contribution in [0.25, 0.3) is 0 Å². The lowest BCUT2D eigenvalue weighted by molar-refractivity contribution is 0.0474. The highest BCUT2D eigenvalue weighted by Gasteiger charge is 2.11. The summed E-state index contributed by atoms with van der Waals surface area (Å²) in [5.74, 6) is 0.279. The number of carbonyl (C=O) groups excluding carboxylic acids is 1. The van der Waals surface area contributed by atoms with Gasteiger partial charge in [-0.1, -0.05) is 12.1 Å². The summed E-state index contributed by atoms with van der Waals surface area (Å²) in [4.78, 5) is 11.9. The molecule has 0 radical (unpaired) electrons. The van der Waals surface area contributed by atoms with E-state index in [0.717, 1.165) is 11.3 Å². The van der Waals surface area contributed by atoms with Gasteiger partial charge in [-0.2, -0.15) is 0 Å². The summed E-state index contributed by atoms with van der Waals surface area (Å²) < 4.78 is 10.3. The summed E-state index contributed by atoms with van der Waals surface area (Å²) in [5.41, 5.74) is 13.3. The maximum Gasteiger partial charge on any atom is 0.340 e. The first-order chi connectivity index (χ1) is 9.60. The van der Waals surface area contributed by atoms with E-state index in [1.807, 2.05) is 12.1 Å². The van der Waals surface area contributed by atoms with E-state index in [1.165, 1.54) is 6.07 Å². The van der Waals surface area contributed by atoms with Gasteiger partial charge in [-0.15, -0.1) is 0 Å². The summed E-state index contributed by atoms with van der Waals surface area (Å²) in [6.07, 6.45) is 0. The van der Waals surface area contributed by atoms with E-state index in [9.17, 15) is 4.79 Å². The van der Waals surface area contributed by atoms with Crippen molar-refractivity contribution in [3.8, 4) is 5.75 Å². The van der Waals surface area contributed by atoms with Crippen LogP contribution in [0.3, 0.4) is 0 Å². The maximum absolute atomic E-state index is 11.9. The summed E-state index contributed by atoms with van der Waals surface area (Å²) in [6.45, 7) is 0.173. The zero-order valence-corrected chi connectivity index (χ0v) is 11.1. The van der Waals surface area contributed by atoms with E-state index in [-0.39, 0.29) is 6.61 Å². The number of rotatable bonds is 4. The quantitative estimate of drug-likeness (QED) is 0.658. The number of anilines is 2. The van der Waals surface area contributed by atoms with E-state index in [4.69, 9.17) is 20.9 Å². The average molecular weight is 272 g/mol. The Labute approximate surface area is 117 Å². The van der Waals surface area contributed by atoms with Crippen molar-refractivity contribution in [1.29, 1.82) is 0 Å². The monoisotopic (exact) mass is 272 g/mol. The minimum Gasteiger partial charge on any atom is -0.497 e. The van der Waals surface area contributed by atoms with Crippen LogP contribution >= 0.6 is 0 Å². The highest BCUT2D eigenvalue weighted by atomic mass is 16.5. The van der Waals surface area contributed by atoms with Crippen molar-refractivity contribution in [3.63, 3.8) is 0 Å². The van der Waals surface area contributed by atoms with Crippen molar-refractivity contribution in [3.05, 3.63) is 53.6 Å². The minimum atomic E-state index is -0.474. The number of benzene rings is 2. The Kier molecular flexibility index (Phi) is 4.10. The van der Waals surface area contributed by atoms with Crippen LogP contribution in [0.15, 0.2) is 42.5 Å². The third kappa shape index (κ3) is 3.20. The Bertz CT molecular complexity index is 609. The van der Waals surface area contributed by atoms with Gasteiger partial charge in [0.25, 0.3) is 0 Å². The fraction of sp³-hybridized carbons (Fsp3) is 0.133. The molecule has 0 heterocycles. The van der Waals surface area contributed by atoms with E-state index < -0.39 is 5.97 Å². The highest BCUT2D eigenvalue weighted by Crippen LogP contribution is 2.18. The Morgan fingerprint density at radius 1 is 1.10 bits per heavy atom. The lowest BCUT2D eigenvalue weighted by Crippen LogP contribution is -2.08. The van der Waals surface area contributed by atoms with Gasteiger partial charge in [0.2, 0.25) is 0 Å². The van der Waals surface area contributed by atoms with Crippen LogP contribution in [0.2, 0.25) is 0 Å². The first kappa shape index (κ1) is 13.7. The molecule has 2 aromatic carbocycles. The first-order valence-corrected chi connectivity index (χ1v) is 6.05. The number of esters is 1. The van der Waals surface area contributed by atoms with Crippen LogP contribution in [-0.2, 0) is 11.3 Å². The molecule has 0 saturated heterocycles. The second-order valence-corrected chi connectivity index (χ2v) is 4.27. The number of ether oxygens (including phenoxy) is 2. The standard InChI is InChI=1S/C15H16N2O3/c1-19-12-5-2-10(3-6-12)9-20-15(18)13-7-4-11(16)8-14(13)17/h2-8H,9,16-17H2,1H3. The summed E-state index contributed by atoms with van der Waals surface area (Å²) in [6, 6.07) is 12.0. The van der Waals surface area contributed by atoms with Crippen LogP contribution in [0, 0.1) is 0 Å². The molecule has 0 aliphatic heterocycles. The highest BCUT2D eigenvalue weighted by molar-refractivity contribution is 5.95. The average Bonchev–Trinajstić information content (AvgIpc) is 2.45. The molecule has 2 aromatic rings. The molecular weight excluding hydrogens is 256 g/mol. The van der Waals surface area contributed by atoms with Crippen LogP contribution in [-0.4, -0.2) is 13.1 Å². The molecular formula is C15H16N2O3. The molecule has 5 nitrogen and oxygen atoms in total. The van der Waals surface area contributed by atoms with Gasteiger partial charge in [0, 0.05) is 11.4 Å². The van der Waals surface area contributed by atoms with Crippen LogP contribution in [0.4, 0.5) is 11.4 Å². The molecule has 0 unspecified atom stereocenters. The fourth-order valence-electron chi connectivity index (χ4n) is 1.72. The van der Waals surface area contributed by atoms with Gasteiger partial charge in [0.15, 0.2) is 0 Å². The SMILES string of the molecule is COc1ccc(COC(=O)c2ccc(N)cc2N)cc1. The number of nitrogen functional groups attached to an aromatic ring is 2. The Morgan fingerprint density at radius 3 is 2.40 bits per heavy atom. The zero-order chi connectivity index (χ0) is 14.5. The van der Waals surface area contributed by atoms with Crippen LogP contribution < -0.4 is 16.2 Å². The second kappa shape index (κ2) is 5.97. The smallest absolute Gasteiger partial charge is 0.340 e. The van der Waals surface area contributed by atoms with Crippen molar-refractivity contribution < 1.29 is 14.3 Å². The third-order valence-electron chi connectivity index (χ3n) is 2.82. The molecule has 4 N–H and O–H groups in total. The topological polar surface area (TPSA) is 87.6 Å². The maximum atomic E-state index is 11.9. The molecule has 0 bridgehead atoms. The molecule has 20 heavy (non-hydrogen) atoms. The molecule has 0 spiro atoms. The molecule has 0 amide bonds. The van der Waals surface area contributed by atoms with Crippen LogP contribution in [0.5, 0.6) is 5.75 Å². The molecule has 104 valence electrons. The van der Waals surface area contributed by atoms with E-state index >= 15 is 0 Å². The normalized spacial score (nSPS) is 10.1. The molecule has 2 rings (SSSR count). The summed E-state index contributed by atoms with van der Waals surface area (Å²) in [7, 11) is 1.60. The predicted octanol–water partition coefficient (Wildman–Crippen LogP) is 2.22. The Hall–Kier alpha value is -2.69. The fourth-order valence-corrected chi connectivity index (χ4v) is 1.72. The lowest BCUT2D eigenvalue weighted by Gasteiger charge is -2.08. The van der Waals surface area contributed by atoms with Crippen molar-refractivity contribution in [2.45, 2.75) is 6.61 Å². The molecule has 0 aromatic heterocycles. The van der Waals surface area contributed by atoms with E-state index in [2.05, 4.69) is 0 Å². The van der Waals surface area contributed by atoms with Crippen molar-refractivity contribution in [2.75, 3.05) is 18.6 Å². The Morgan fingerprint density at radius 2 is 1.80 bits per heavy atom. The van der Waals surface area contributed by atoms with Crippen molar-refractivity contribution >= 4 is 17.3 Å². The van der Waals surface area contributed by atoms with Gasteiger partial charge in [-0.05, 0) is 35.9 Å². The van der Waals surface area contributed by atoms with Gasteiger partial charge >= 0.3 is 5.97 Å². The summed E-state index contributed by atoms with van der Waals surface area (Å²) >= 11 is 0. The van der Waals surface area contributed by atoms with Gasteiger partial charge < -0.3 is 20.9 Å². The zero-order valence-electron chi connectivity index (χ0n) is 11.1. The van der Waals surface area contributed by atoms with Crippen molar-refractivity contribution in [2.24, 2.45) is 0 Å². The molecule has 0 aliphatic carbocycles. The van der Waals surface area contributed by atoms with Crippen LogP contribution in [0.1, 0.15) is 15.9 Å². The van der Waals surface area contributed by atoms with E-state index in [0.29, 0.717) is 16.9 Å².